The molecule has 84 valence electrons. The molecule has 1 atom stereocenters. The zero-order valence-corrected chi connectivity index (χ0v) is 11.0. The molecule has 1 unspecified atom stereocenters. The van der Waals surface area contributed by atoms with E-state index in [1.807, 2.05) is 18.2 Å². The number of benzene rings is 1. The molecule has 16 heavy (non-hydrogen) atoms. The zero-order valence-electron chi connectivity index (χ0n) is 8.83. The van der Waals surface area contributed by atoms with Crippen LogP contribution in [0, 0.1) is 9.49 Å². The van der Waals surface area contributed by atoms with Gasteiger partial charge in [-0.15, -0.1) is 0 Å². The Morgan fingerprint density at radius 3 is 2.94 bits per heavy atom. The number of methoxy groups -OCH3 is 1. The summed E-state index contributed by atoms with van der Waals surface area (Å²) in [6.07, 6.45) is 1.32. The van der Waals surface area contributed by atoms with Crippen molar-refractivity contribution in [2.24, 2.45) is 5.92 Å². The van der Waals surface area contributed by atoms with Gasteiger partial charge in [-0.25, -0.2) is 0 Å². The first-order chi connectivity index (χ1) is 7.65. The molecule has 0 fully saturated rings. The summed E-state index contributed by atoms with van der Waals surface area (Å²) in [7, 11) is 1.32. The summed E-state index contributed by atoms with van der Waals surface area (Å²) < 4.78 is 5.56. The second kappa shape index (κ2) is 4.53. The minimum atomic E-state index is -0.617. The number of esters is 1. The fraction of sp³-hybridized carbons (Fsp3) is 0.333. The van der Waals surface area contributed by atoms with E-state index in [2.05, 4.69) is 27.3 Å². The molecule has 0 radical (unpaired) electrons. The van der Waals surface area contributed by atoms with Crippen molar-refractivity contribution in [2.75, 3.05) is 7.11 Å². The van der Waals surface area contributed by atoms with Crippen molar-refractivity contribution >= 4 is 34.3 Å². The maximum atomic E-state index is 12.1. The number of halogens is 1. The number of hydrogen-bond acceptors (Lipinski definition) is 3. The largest absolute Gasteiger partial charge is 0.468 e. The van der Waals surface area contributed by atoms with Gasteiger partial charge in [0.1, 0.15) is 5.92 Å². The van der Waals surface area contributed by atoms with Crippen molar-refractivity contribution in [1.29, 1.82) is 0 Å². The summed E-state index contributed by atoms with van der Waals surface area (Å²) in [4.78, 5) is 23.6. The van der Waals surface area contributed by atoms with Gasteiger partial charge in [-0.2, -0.15) is 0 Å². The number of hydrogen-bond donors (Lipinski definition) is 0. The van der Waals surface area contributed by atoms with Crippen LogP contribution in [0.3, 0.4) is 0 Å². The zero-order chi connectivity index (χ0) is 11.7. The lowest BCUT2D eigenvalue weighted by Crippen LogP contribution is -2.31. The highest BCUT2D eigenvalue weighted by Crippen LogP contribution is 2.29. The van der Waals surface area contributed by atoms with Gasteiger partial charge in [0.25, 0.3) is 0 Å². The third-order valence-electron chi connectivity index (χ3n) is 2.85. The molecule has 0 spiro atoms. The molecule has 3 nitrogen and oxygen atoms in total. The number of fused-ring (bicyclic) bond motifs is 1. The van der Waals surface area contributed by atoms with Crippen molar-refractivity contribution in [3.8, 4) is 0 Å². The molecular weight excluding hydrogens is 319 g/mol. The molecule has 1 aromatic rings. The Labute approximate surface area is 107 Å². The van der Waals surface area contributed by atoms with E-state index in [-0.39, 0.29) is 5.78 Å². The SMILES string of the molecule is COC(=O)C1CCc2cccc(I)c2C1=O. The van der Waals surface area contributed by atoms with Gasteiger partial charge >= 0.3 is 5.97 Å². The van der Waals surface area contributed by atoms with Gasteiger partial charge in [-0.1, -0.05) is 12.1 Å². The Bertz CT molecular complexity index is 454. The number of aryl methyl sites for hydroxylation is 1. The second-order valence-corrected chi connectivity index (χ2v) is 4.91. The Hall–Kier alpha value is -0.910. The maximum Gasteiger partial charge on any atom is 0.316 e. The molecule has 0 amide bonds. The van der Waals surface area contributed by atoms with Crippen molar-refractivity contribution in [1.82, 2.24) is 0 Å². The lowest BCUT2D eigenvalue weighted by molar-refractivity contribution is -0.143. The van der Waals surface area contributed by atoms with Crippen LogP contribution in [0.25, 0.3) is 0 Å². The van der Waals surface area contributed by atoms with Gasteiger partial charge in [-0.05, 0) is 47.1 Å². The van der Waals surface area contributed by atoms with Crippen LogP contribution in [0.15, 0.2) is 18.2 Å². The number of ether oxygens (including phenoxy) is 1. The Kier molecular flexibility index (Phi) is 3.28. The minimum Gasteiger partial charge on any atom is -0.468 e. The number of carbonyl (C=O) groups excluding carboxylic acids is 2. The standard InChI is InChI=1S/C12H11IO3/c1-16-12(15)8-6-5-7-3-2-4-9(13)10(7)11(8)14/h2-4,8H,5-6H2,1H3. The summed E-state index contributed by atoms with van der Waals surface area (Å²) in [5.74, 6) is -1.14. The van der Waals surface area contributed by atoms with E-state index in [1.165, 1.54) is 7.11 Å². The van der Waals surface area contributed by atoms with Crippen LogP contribution >= 0.6 is 22.6 Å². The molecule has 0 heterocycles. The van der Waals surface area contributed by atoms with E-state index in [0.29, 0.717) is 12.0 Å². The lowest BCUT2D eigenvalue weighted by atomic mass is 9.83. The van der Waals surface area contributed by atoms with Crippen LogP contribution in [0.4, 0.5) is 0 Å². The Balaban J connectivity index is 2.42. The number of ketones is 1. The molecule has 1 aromatic carbocycles. The summed E-state index contributed by atoms with van der Waals surface area (Å²) in [6.45, 7) is 0. The fourth-order valence-electron chi connectivity index (χ4n) is 2.03. The van der Waals surface area contributed by atoms with Crippen molar-refractivity contribution < 1.29 is 14.3 Å². The van der Waals surface area contributed by atoms with E-state index in [1.54, 1.807) is 0 Å². The topological polar surface area (TPSA) is 43.4 Å². The van der Waals surface area contributed by atoms with Crippen molar-refractivity contribution in [3.05, 3.63) is 32.9 Å². The fourth-order valence-corrected chi connectivity index (χ4v) is 2.85. The average Bonchev–Trinajstić information content (AvgIpc) is 2.28. The summed E-state index contributed by atoms with van der Waals surface area (Å²) in [6, 6.07) is 5.77. The maximum absolute atomic E-state index is 12.1. The number of carbonyl (C=O) groups is 2. The number of Topliss-reactive ketones (excluding diaryl/α,β-unsaturated/α-hetero) is 1. The van der Waals surface area contributed by atoms with Crippen LogP contribution in [-0.4, -0.2) is 18.9 Å². The minimum absolute atomic E-state index is 0.0990. The van der Waals surface area contributed by atoms with Crippen LogP contribution in [0.2, 0.25) is 0 Å². The molecular formula is C12H11IO3. The predicted molar refractivity (Wildman–Crippen MR) is 67.3 cm³/mol. The Morgan fingerprint density at radius 1 is 1.50 bits per heavy atom. The summed E-state index contributed by atoms with van der Waals surface area (Å²) in [5.41, 5.74) is 1.74. The smallest absolute Gasteiger partial charge is 0.316 e. The third kappa shape index (κ3) is 1.86. The average molecular weight is 330 g/mol. The monoisotopic (exact) mass is 330 g/mol. The molecule has 0 aliphatic heterocycles. The van der Waals surface area contributed by atoms with E-state index in [4.69, 9.17) is 0 Å². The van der Waals surface area contributed by atoms with Gasteiger partial charge in [0.2, 0.25) is 0 Å². The first kappa shape index (κ1) is 11.6. The molecule has 0 N–H and O–H groups in total. The Morgan fingerprint density at radius 2 is 2.25 bits per heavy atom. The molecule has 0 aromatic heterocycles. The van der Waals surface area contributed by atoms with Crippen molar-refractivity contribution in [2.45, 2.75) is 12.8 Å². The van der Waals surface area contributed by atoms with Crippen LogP contribution < -0.4 is 0 Å². The summed E-state index contributed by atoms with van der Waals surface area (Å²) in [5, 5.41) is 0. The van der Waals surface area contributed by atoms with Gasteiger partial charge in [0.05, 0.1) is 7.11 Å². The molecule has 1 aliphatic rings. The van der Waals surface area contributed by atoms with Gasteiger partial charge in [0.15, 0.2) is 5.78 Å². The highest BCUT2D eigenvalue weighted by atomic mass is 127. The van der Waals surface area contributed by atoms with E-state index in [9.17, 15) is 9.59 Å². The van der Waals surface area contributed by atoms with Crippen LogP contribution in [0.1, 0.15) is 22.3 Å². The lowest BCUT2D eigenvalue weighted by Gasteiger charge is -2.22. The van der Waals surface area contributed by atoms with E-state index < -0.39 is 11.9 Å². The number of rotatable bonds is 1. The first-order valence-corrected chi connectivity index (χ1v) is 6.12. The first-order valence-electron chi connectivity index (χ1n) is 5.04. The highest BCUT2D eigenvalue weighted by Gasteiger charge is 2.34. The van der Waals surface area contributed by atoms with Gasteiger partial charge in [0, 0.05) is 9.13 Å². The molecule has 0 saturated carbocycles. The van der Waals surface area contributed by atoms with Crippen molar-refractivity contribution in [3.63, 3.8) is 0 Å². The highest BCUT2D eigenvalue weighted by molar-refractivity contribution is 14.1. The molecule has 2 rings (SSSR count). The molecule has 4 heteroatoms. The van der Waals surface area contributed by atoms with E-state index in [0.717, 1.165) is 15.6 Å². The normalized spacial score (nSPS) is 19.1. The third-order valence-corrected chi connectivity index (χ3v) is 3.75. The van der Waals surface area contributed by atoms with Crippen LogP contribution in [0.5, 0.6) is 0 Å². The van der Waals surface area contributed by atoms with Gasteiger partial charge < -0.3 is 4.74 Å². The van der Waals surface area contributed by atoms with Crippen LogP contribution in [-0.2, 0) is 16.0 Å². The van der Waals surface area contributed by atoms with Gasteiger partial charge in [-0.3, -0.25) is 9.59 Å². The molecule has 0 saturated heterocycles. The summed E-state index contributed by atoms with van der Waals surface area (Å²) >= 11 is 2.13. The predicted octanol–water partition coefficient (Wildman–Crippen LogP) is 2.21. The van der Waals surface area contributed by atoms with E-state index >= 15 is 0 Å². The molecule has 0 bridgehead atoms. The second-order valence-electron chi connectivity index (χ2n) is 3.75. The quantitative estimate of drug-likeness (QED) is 0.450. The molecule has 1 aliphatic carbocycles.